The van der Waals surface area contributed by atoms with Crippen molar-refractivity contribution >= 4 is 11.8 Å². The predicted molar refractivity (Wildman–Crippen MR) is 116 cm³/mol. The lowest BCUT2D eigenvalue weighted by molar-refractivity contribution is -0.143. The molecule has 2 atom stereocenters. The third-order valence-electron chi connectivity index (χ3n) is 5.18. The summed E-state index contributed by atoms with van der Waals surface area (Å²) in [6, 6.07) is 13.1. The fourth-order valence-corrected chi connectivity index (χ4v) is 3.12. The second kappa shape index (κ2) is 11.3. The van der Waals surface area contributed by atoms with Crippen LogP contribution in [0, 0.1) is 12.7 Å². The first-order valence-electron chi connectivity index (χ1n) is 10.4. The lowest BCUT2D eigenvalue weighted by atomic mass is 10.1. The number of halogens is 1. The lowest BCUT2D eigenvalue weighted by Gasteiger charge is -2.31. The molecule has 2 amide bonds. The summed E-state index contributed by atoms with van der Waals surface area (Å²) in [5, 5.41) is 2.97. The second-order valence-corrected chi connectivity index (χ2v) is 7.41. The van der Waals surface area contributed by atoms with Gasteiger partial charge in [-0.3, -0.25) is 9.59 Å². The normalized spacial score (nSPS) is 12.7. The maximum Gasteiger partial charge on any atom is 0.261 e. The van der Waals surface area contributed by atoms with Gasteiger partial charge in [0.15, 0.2) is 18.2 Å². The average Bonchev–Trinajstić information content (AvgIpc) is 2.74. The van der Waals surface area contributed by atoms with Gasteiger partial charge in [0.25, 0.3) is 5.91 Å². The van der Waals surface area contributed by atoms with Crippen LogP contribution in [0.15, 0.2) is 48.5 Å². The molecule has 0 aliphatic rings. The van der Waals surface area contributed by atoms with Crippen LogP contribution in [0.3, 0.4) is 0 Å². The quantitative estimate of drug-likeness (QED) is 0.633. The molecule has 0 aromatic heterocycles. The van der Waals surface area contributed by atoms with Crippen molar-refractivity contribution in [2.24, 2.45) is 0 Å². The van der Waals surface area contributed by atoms with Gasteiger partial charge in [-0.05, 0) is 49.9 Å². The standard InChI is InChI=1S/C24H31FN2O3/c1-5-18(4)26-24(29)21(6-2)27(15-19-12-8-7-11-17(19)3)23(28)16-30-22-14-10-9-13-20(22)25/h7-14,18,21H,5-6,15-16H2,1-4H3,(H,26,29)/t18-,21-/m0/s1. The van der Waals surface area contributed by atoms with Crippen LogP contribution < -0.4 is 10.1 Å². The molecule has 0 unspecified atom stereocenters. The number of nitrogens with one attached hydrogen (secondary N) is 1. The first-order valence-corrected chi connectivity index (χ1v) is 10.4. The van der Waals surface area contributed by atoms with E-state index in [-0.39, 0.29) is 36.8 Å². The summed E-state index contributed by atoms with van der Waals surface area (Å²) in [7, 11) is 0. The predicted octanol–water partition coefficient (Wildman–Crippen LogP) is 4.24. The fraction of sp³-hybridized carbons (Fsp3) is 0.417. The Morgan fingerprint density at radius 1 is 1.07 bits per heavy atom. The number of carbonyl (C=O) groups is 2. The van der Waals surface area contributed by atoms with E-state index in [1.54, 1.807) is 12.1 Å². The number of carbonyl (C=O) groups excluding carboxylic acids is 2. The van der Waals surface area contributed by atoms with Gasteiger partial charge >= 0.3 is 0 Å². The van der Waals surface area contributed by atoms with Gasteiger partial charge in [-0.25, -0.2) is 4.39 Å². The van der Waals surface area contributed by atoms with Crippen molar-refractivity contribution in [2.45, 2.75) is 59.2 Å². The summed E-state index contributed by atoms with van der Waals surface area (Å²) < 4.78 is 19.3. The Kier molecular flexibility index (Phi) is 8.84. The molecular weight excluding hydrogens is 383 g/mol. The average molecular weight is 415 g/mol. The van der Waals surface area contributed by atoms with Crippen LogP contribution in [0.25, 0.3) is 0 Å². The minimum Gasteiger partial charge on any atom is -0.481 e. The van der Waals surface area contributed by atoms with Gasteiger partial charge in [0, 0.05) is 12.6 Å². The van der Waals surface area contributed by atoms with Gasteiger partial charge in [-0.1, -0.05) is 50.2 Å². The number of hydrogen-bond donors (Lipinski definition) is 1. The van der Waals surface area contributed by atoms with Crippen molar-refractivity contribution in [1.29, 1.82) is 0 Å². The summed E-state index contributed by atoms with van der Waals surface area (Å²) in [6.07, 6.45) is 1.25. The van der Waals surface area contributed by atoms with Crippen molar-refractivity contribution in [3.05, 3.63) is 65.5 Å². The summed E-state index contributed by atoms with van der Waals surface area (Å²) >= 11 is 0. The zero-order valence-corrected chi connectivity index (χ0v) is 18.2. The molecule has 0 spiro atoms. The summed E-state index contributed by atoms with van der Waals surface area (Å²) in [5.74, 6) is -1.08. The molecule has 6 heteroatoms. The Bertz CT molecular complexity index is 856. The summed E-state index contributed by atoms with van der Waals surface area (Å²) in [4.78, 5) is 27.5. The SMILES string of the molecule is CC[C@H](C)NC(=O)[C@H](CC)N(Cc1ccccc1C)C(=O)COc1ccccc1F. The molecule has 2 aromatic rings. The van der Waals surface area contributed by atoms with E-state index in [2.05, 4.69) is 5.32 Å². The van der Waals surface area contributed by atoms with E-state index in [9.17, 15) is 14.0 Å². The molecule has 30 heavy (non-hydrogen) atoms. The van der Waals surface area contributed by atoms with Crippen molar-refractivity contribution < 1.29 is 18.7 Å². The zero-order chi connectivity index (χ0) is 22.1. The van der Waals surface area contributed by atoms with Gasteiger partial charge in [-0.2, -0.15) is 0 Å². The summed E-state index contributed by atoms with van der Waals surface area (Å²) in [5.41, 5.74) is 1.98. The number of rotatable bonds is 10. The van der Waals surface area contributed by atoms with E-state index in [4.69, 9.17) is 4.74 Å². The number of hydrogen-bond acceptors (Lipinski definition) is 3. The maximum atomic E-state index is 13.9. The molecule has 0 saturated carbocycles. The van der Waals surface area contributed by atoms with E-state index < -0.39 is 11.9 Å². The highest BCUT2D eigenvalue weighted by Gasteiger charge is 2.29. The van der Waals surface area contributed by atoms with Crippen LogP contribution in [0.4, 0.5) is 4.39 Å². The van der Waals surface area contributed by atoms with Crippen LogP contribution in [0.5, 0.6) is 5.75 Å². The Morgan fingerprint density at radius 3 is 2.37 bits per heavy atom. The third-order valence-corrected chi connectivity index (χ3v) is 5.18. The van der Waals surface area contributed by atoms with Gasteiger partial charge in [0.1, 0.15) is 6.04 Å². The smallest absolute Gasteiger partial charge is 0.261 e. The Morgan fingerprint density at radius 2 is 1.73 bits per heavy atom. The number of aryl methyl sites for hydroxylation is 1. The van der Waals surface area contributed by atoms with E-state index in [0.29, 0.717) is 6.42 Å². The first kappa shape index (κ1) is 23.4. The molecule has 0 fully saturated rings. The number of amides is 2. The Balaban J connectivity index is 2.24. The minimum absolute atomic E-state index is 0.0108. The Hall–Kier alpha value is -2.89. The van der Waals surface area contributed by atoms with Crippen molar-refractivity contribution in [3.63, 3.8) is 0 Å². The summed E-state index contributed by atoms with van der Waals surface area (Å²) in [6.45, 7) is 7.69. The number of ether oxygens (including phenoxy) is 1. The maximum absolute atomic E-state index is 13.9. The van der Waals surface area contributed by atoms with Crippen LogP contribution in [0.1, 0.15) is 44.7 Å². The molecule has 0 aliphatic heterocycles. The first-order chi connectivity index (χ1) is 14.4. The number of nitrogens with zero attached hydrogens (tertiary/aromatic N) is 1. The van der Waals surface area contributed by atoms with Crippen LogP contribution >= 0.6 is 0 Å². The van der Waals surface area contributed by atoms with E-state index in [1.807, 2.05) is 52.0 Å². The molecule has 0 heterocycles. The van der Waals surface area contributed by atoms with Crippen molar-refractivity contribution in [3.8, 4) is 5.75 Å². The highest BCUT2D eigenvalue weighted by molar-refractivity contribution is 5.88. The highest BCUT2D eigenvalue weighted by Crippen LogP contribution is 2.18. The highest BCUT2D eigenvalue weighted by atomic mass is 19.1. The largest absolute Gasteiger partial charge is 0.481 e. The topological polar surface area (TPSA) is 58.6 Å². The van der Waals surface area contributed by atoms with Gasteiger partial charge in [-0.15, -0.1) is 0 Å². The molecule has 2 aromatic carbocycles. The van der Waals surface area contributed by atoms with Gasteiger partial charge in [0.2, 0.25) is 5.91 Å². The third kappa shape index (κ3) is 6.31. The molecule has 2 rings (SSSR count). The van der Waals surface area contributed by atoms with Gasteiger partial charge in [0.05, 0.1) is 0 Å². The molecule has 5 nitrogen and oxygen atoms in total. The lowest BCUT2D eigenvalue weighted by Crippen LogP contribution is -2.51. The molecule has 0 bridgehead atoms. The van der Waals surface area contributed by atoms with Crippen LogP contribution in [-0.4, -0.2) is 35.4 Å². The molecule has 1 N–H and O–H groups in total. The van der Waals surface area contributed by atoms with E-state index in [0.717, 1.165) is 17.5 Å². The molecule has 0 radical (unpaired) electrons. The second-order valence-electron chi connectivity index (χ2n) is 7.41. The van der Waals surface area contributed by atoms with Crippen molar-refractivity contribution in [1.82, 2.24) is 10.2 Å². The molecule has 0 saturated heterocycles. The van der Waals surface area contributed by atoms with E-state index in [1.165, 1.54) is 17.0 Å². The number of para-hydroxylation sites is 1. The number of benzene rings is 2. The van der Waals surface area contributed by atoms with Crippen LogP contribution in [-0.2, 0) is 16.1 Å². The molecule has 162 valence electrons. The Labute approximate surface area is 178 Å². The fourth-order valence-electron chi connectivity index (χ4n) is 3.12. The zero-order valence-electron chi connectivity index (χ0n) is 18.2. The van der Waals surface area contributed by atoms with E-state index >= 15 is 0 Å². The van der Waals surface area contributed by atoms with Crippen molar-refractivity contribution in [2.75, 3.05) is 6.61 Å². The minimum atomic E-state index is -0.643. The molecule has 0 aliphatic carbocycles. The van der Waals surface area contributed by atoms with Crippen LogP contribution in [0.2, 0.25) is 0 Å². The monoisotopic (exact) mass is 414 g/mol. The molecular formula is C24H31FN2O3. The van der Waals surface area contributed by atoms with Gasteiger partial charge < -0.3 is 15.0 Å².